The van der Waals surface area contributed by atoms with Gasteiger partial charge < -0.3 is 4.74 Å². The van der Waals surface area contributed by atoms with Crippen molar-refractivity contribution in [2.24, 2.45) is 0 Å². The molecule has 0 radical (unpaired) electrons. The molecule has 1 aromatic heterocycles. The maximum Gasteiger partial charge on any atom is 0.219 e. The van der Waals surface area contributed by atoms with Gasteiger partial charge in [0.05, 0.1) is 0 Å². The Bertz CT molecular complexity index is 331. The van der Waals surface area contributed by atoms with Gasteiger partial charge in [-0.2, -0.15) is 4.98 Å². The molecule has 14 heavy (non-hydrogen) atoms. The molecule has 3 nitrogen and oxygen atoms in total. The average molecular weight is 231 g/mol. The van der Waals surface area contributed by atoms with E-state index in [9.17, 15) is 0 Å². The second-order valence-electron chi connectivity index (χ2n) is 2.40. The summed E-state index contributed by atoms with van der Waals surface area (Å²) >= 11 is 7.21. The van der Waals surface area contributed by atoms with E-state index in [0.29, 0.717) is 22.8 Å². The van der Waals surface area contributed by atoms with Crippen molar-refractivity contribution in [3.05, 3.63) is 23.4 Å². The molecule has 0 fully saturated rings. The Kier molecular flexibility index (Phi) is 4.76. The van der Waals surface area contributed by atoms with Crippen LogP contribution < -0.4 is 4.74 Å². The van der Waals surface area contributed by atoms with Crippen LogP contribution in [0.3, 0.4) is 0 Å². The minimum atomic E-state index is 0.403. The van der Waals surface area contributed by atoms with Gasteiger partial charge in [-0.3, -0.25) is 0 Å². The molecule has 0 bridgehead atoms. The summed E-state index contributed by atoms with van der Waals surface area (Å²) < 4.78 is 5.33. The molecule has 0 aliphatic rings. The quantitative estimate of drug-likeness (QED) is 0.345. The summed E-state index contributed by atoms with van der Waals surface area (Å²) in [7, 11) is 0. The van der Waals surface area contributed by atoms with Crippen molar-refractivity contribution in [3.63, 3.8) is 0 Å². The number of hydrogen-bond acceptors (Lipinski definition) is 4. The Labute approximate surface area is 92.5 Å². The summed E-state index contributed by atoms with van der Waals surface area (Å²) in [4.78, 5) is 8.14. The van der Waals surface area contributed by atoms with Crippen LogP contribution >= 0.6 is 23.4 Å². The van der Waals surface area contributed by atoms with E-state index in [-0.39, 0.29) is 0 Å². The molecule has 0 N–H and O–H groups in total. The van der Waals surface area contributed by atoms with Gasteiger partial charge in [0.15, 0.2) is 5.16 Å². The zero-order valence-electron chi connectivity index (χ0n) is 8.03. The second-order valence-corrected chi connectivity index (χ2v) is 3.56. The number of hydrogen-bond donors (Lipinski definition) is 0. The number of allylic oxidation sites excluding steroid dienone is 1. The first-order valence-electron chi connectivity index (χ1n) is 4.08. The van der Waals surface area contributed by atoms with Crippen molar-refractivity contribution in [1.82, 2.24) is 9.97 Å². The zero-order valence-corrected chi connectivity index (χ0v) is 9.60. The van der Waals surface area contributed by atoms with Crippen LogP contribution in [0.4, 0.5) is 0 Å². The van der Waals surface area contributed by atoms with Crippen molar-refractivity contribution >= 4 is 23.4 Å². The molecule has 0 aliphatic heterocycles. The van der Waals surface area contributed by atoms with Gasteiger partial charge in [-0.1, -0.05) is 35.5 Å². The number of halogens is 1. The fourth-order valence-electron chi connectivity index (χ4n) is 0.772. The van der Waals surface area contributed by atoms with Crippen LogP contribution in [0.15, 0.2) is 23.4 Å². The predicted octanol–water partition coefficient (Wildman–Crippen LogP) is 2.81. The highest BCUT2D eigenvalue weighted by Crippen LogP contribution is 2.18. The monoisotopic (exact) mass is 230 g/mol. The number of nitrogens with zero attached hydrogens (tertiary/aromatic N) is 2. The van der Waals surface area contributed by atoms with Crippen molar-refractivity contribution in [2.75, 3.05) is 12.9 Å². The van der Waals surface area contributed by atoms with Gasteiger partial charge in [-0.05, 0) is 13.2 Å². The molecule has 0 atom stereocenters. The van der Waals surface area contributed by atoms with E-state index >= 15 is 0 Å². The summed E-state index contributed by atoms with van der Waals surface area (Å²) in [6.07, 6.45) is 5.70. The Morgan fingerprint density at radius 3 is 3.00 bits per heavy atom. The Morgan fingerprint density at radius 1 is 1.57 bits per heavy atom. The smallest absolute Gasteiger partial charge is 0.219 e. The average Bonchev–Trinajstić information content (AvgIpc) is 2.17. The molecule has 1 heterocycles. The van der Waals surface area contributed by atoms with Gasteiger partial charge in [-0.25, -0.2) is 4.98 Å². The SMILES string of the molecule is C/C=C/COc1cc(Cl)nc(SC)n1. The van der Waals surface area contributed by atoms with Gasteiger partial charge in [0.2, 0.25) is 5.88 Å². The first-order chi connectivity index (χ1) is 6.76. The summed E-state index contributed by atoms with van der Waals surface area (Å²) in [5.41, 5.74) is 0. The molecule has 5 heteroatoms. The molecule has 0 aromatic carbocycles. The van der Waals surface area contributed by atoms with E-state index in [1.54, 1.807) is 6.07 Å². The molecule has 0 unspecified atom stereocenters. The number of ether oxygens (including phenoxy) is 1. The van der Waals surface area contributed by atoms with Gasteiger partial charge in [0.25, 0.3) is 0 Å². The van der Waals surface area contributed by atoms with E-state index in [1.165, 1.54) is 11.8 Å². The second kappa shape index (κ2) is 5.88. The lowest BCUT2D eigenvalue weighted by molar-refractivity contribution is 0.344. The van der Waals surface area contributed by atoms with Crippen LogP contribution in [0.2, 0.25) is 5.15 Å². The summed E-state index contributed by atoms with van der Waals surface area (Å²) in [5.74, 6) is 0.507. The van der Waals surface area contributed by atoms with E-state index in [2.05, 4.69) is 9.97 Å². The maximum absolute atomic E-state index is 5.78. The zero-order chi connectivity index (χ0) is 10.4. The van der Waals surface area contributed by atoms with Crippen LogP contribution in [-0.4, -0.2) is 22.8 Å². The highest BCUT2D eigenvalue weighted by molar-refractivity contribution is 7.98. The van der Waals surface area contributed by atoms with Crippen molar-refractivity contribution in [2.45, 2.75) is 12.1 Å². The minimum Gasteiger partial charge on any atom is -0.473 e. The lowest BCUT2D eigenvalue weighted by atomic mass is 10.5. The van der Waals surface area contributed by atoms with E-state index in [4.69, 9.17) is 16.3 Å². The molecule has 76 valence electrons. The van der Waals surface area contributed by atoms with Gasteiger partial charge in [0.1, 0.15) is 11.8 Å². The molecule has 0 saturated heterocycles. The summed E-state index contributed by atoms with van der Waals surface area (Å²) in [6.45, 7) is 2.43. The molecule has 0 amide bonds. The Morgan fingerprint density at radius 2 is 2.36 bits per heavy atom. The lowest BCUT2D eigenvalue weighted by Crippen LogP contribution is -1.97. The van der Waals surface area contributed by atoms with E-state index in [0.717, 1.165) is 0 Å². The molecular weight excluding hydrogens is 220 g/mol. The minimum absolute atomic E-state index is 0.403. The highest BCUT2D eigenvalue weighted by atomic mass is 35.5. The number of rotatable bonds is 4. The third-order valence-electron chi connectivity index (χ3n) is 1.40. The maximum atomic E-state index is 5.78. The van der Waals surface area contributed by atoms with Crippen molar-refractivity contribution < 1.29 is 4.74 Å². The summed E-state index contributed by atoms with van der Waals surface area (Å²) in [6, 6.07) is 1.60. The summed E-state index contributed by atoms with van der Waals surface area (Å²) in [5, 5.41) is 1.02. The number of aromatic nitrogens is 2. The van der Waals surface area contributed by atoms with Crippen LogP contribution in [0.5, 0.6) is 5.88 Å². The fraction of sp³-hybridized carbons (Fsp3) is 0.333. The van der Waals surface area contributed by atoms with Crippen LogP contribution in [-0.2, 0) is 0 Å². The normalized spacial score (nSPS) is 10.8. The Hall–Kier alpha value is -0.740. The Balaban J connectivity index is 2.71. The third-order valence-corrected chi connectivity index (χ3v) is 2.14. The predicted molar refractivity (Wildman–Crippen MR) is 59.1 cm³/mol. The first-order valence-corrected chi connectivity index (χ1v) is 5.69. The van der Waals surface area contributed by atoms with Crippen LogP contribution in [0.25, 0.3) is 0 Å². The third kappa shape index (κ3) is 3.55. The molecular formula is C9H11ClN2OS. The molecule has 0 saturated carbocycles. The van der Waals surface area contributed by atoms with E-state index < -0.39 is 0 Å². The molecule has 0 spiro atoms. The van der Waals surface area contributed by atoms with Crippen LogP contribution in [0.1, 0.15) is 6.92 Å². The standard InChI is InChI=1S/C9H11ClN2OS/c1-3-4-5-13-8-6-7(10)11-9(12-8)14-2/h3-4,6H,5H2,1-2H3/b4-3+. The van der Waals surface area contributed by atoms with Gasteiger partial charge in [0, 0.05) is 6.07 Å². The lowest BCUT2D eigenvalue weighted by Gasteiger charge is -2.03. The molecule has 0 aliphatic carbocycles. The largest absolute Gasteiger partial charge is 0.473 e. The molecule has 1 rings (SSSR count). The highest BCUT2D eigenvalue weighted by Gasteiger charge is 2.02. The van der Waals surface area contributed by atoms with Gasteiger partial charge in [-0.15, -0.1) is 0 Å². The van der Waals surface area contributed by atoms with Gasteiger partial charge >= 0.3 is 0 Å². The van der Waals surface area contributed by atoms with Crippen LogP contribution in [0, 0.1) is 0 Å². The topological polar surface area (TPSA) is 35.0 Å². The first kappa shape index (κ1) is 11.3. The fourth-order valence-corrected chi connectivity index (χ4v) is 1.37. The van der Waals surface area contributed by atoms with E-state index in [1.807, 2.05) is 25.3 Å². The van der Waals surface area contributed by atoms with Crippen molar-refractivity contribution in [1.29, 1.82) is 0 Å². The molecule has 1 aromatic rings. The van der Waals surface area contributed by atoms with Crippen molar-refractivity contribution in [3.8, 4) is 5.88 Å². The number of thioether (sulfide) groups is 1.